The van der Waals surface area contributed by atoms with Crippen LogP contribution in [0.2, 0.25) is 0 Å². The predicted octanol–water partition coefficient (Wildman–Crippen LogP) is 3.33. The molecule has 1 atom stereocenters. The number of hydrogen-bond donors (Lipinski definition) is 4. The second kappa shape index (κ2) is 10.4. The highest BCUT2D eigenvalue weighted by molar-refractivity contribution is 9.10. The molecular weight excluding hydrogens is 532 g/mol. The number of nitrogens with two attached hydrogens (primary N) is 1. The highest BCUT2D eigenvalue weighted by Gasteiger charge is 2.23. The van der Waals surface area contributed by atoms with Gasteiger partial charge >= 0.3 is 5.97 Å². The van der Waals surface area contributed by atoms with Crippen LogP contribution in [0.5, 0.6) is 11.5 Å². The van der Waals surface area contributed by atoms with Crippen LogP contribution in [0, 0.1) is 0 Å². The van der Waals surface area contributed by atoms with Crippen LogP contribution in [-0.4, -0.2) is 43.5 Å². The van der Waals surface area contributed by atoms with E-state index in [9.17, 15) is 19.5 Å². The maximum atomic E-state index is 12.5. The van der Waals surface area contributed by atoms with Gasteiger partial charge in [0.2, 0.25) is 11.9 Å². The van der Waals surface area contributed by atoms with E-state index in [1.165, 1.54) is 12.3 Å². The molecule has 1 unspecified atom stereocenters. The lowest BCUT2D eigenvalue weighted by atomic mass is 10.2. The Morgan fingerprint density at radius 3 is 2.53 bits per heavy atom. The highest BCUT2D eigenvalue weighted by atomic mass is 79.9. The number of hydrogen-bond acceptors (Lipinski definition) is 7. The minimum atomic E-state index is -1.46. The zero-order valence-electron chi connectivity index (χ0n) is 18.9. The van der Waals surface area contributed by atoms with Crippen LogP contribution in [0.25, 0.3) is 11.0 Å². The molecule has 2 heterocycles. The molecule has 0 bridgehead atoms. The molecule has 12 heteroatoms. The summed E-state index contributed by atoms with van der Waals surface area (Å²) < 4.78 is 8.78. The fourth-order valence-corrected chi connectivity index (χ4v) is 3.65. The Hall–Kier alpha value is -4.45. The third-order valence-electron chi connectivity index (χ3n) is 5.16. The fourth-order valence-electron chi connectivity index (χ4n) is 3.39. The van der Waals surface area contributed by atoms with Crippen molar-refractivity contribution in [2.75, 3.05) is 5.32 Å². The standard InChI is InChI=1S/C24H21BrN6O5/c1-31-20-7-6-15(10-17(20)30-24(31)28-14-4-2-13(25)3-5-14)36-16-8-9-27-18(11-16)22(33)29-19(23(34)35)12-21(26)32/h2-11,19H,12H2,1H3,(H2,26,32)(H,28,30)(H,29,33)(H,34,35). The van der Waals surface area contributed by atoms with Gasteiger partial charge < -0.3 is 30.8 Å². The van der Waals surface area contributed by atoms with E-state index in [-0.39, 0.29) is 5.69 Å². The van der Waals surface area contributed by atoms with E-state index in [4.69, 9.17) is 10.5 Å². The predicted molar refractivity (Wildman–Crippen MR) is 135 cm³/mol. The van der Waals surface area contributed by atoms with Crippen LogP contribution in [-0.2, 0) is 16.6 Å². The summed E-state index contributed by atoms with van der Waals surface area (Å²) in [4.78, 5) is 43.4. The Balaban J connectivity index is 1.51. The number of carboxylic acids is 1. The van der Waals surface area contributed by atoms with Crippen LogP contribution in [0.1, 0.15) is 16.9 Å². The second-order valence-corrected chi connectivity index (χ2v) is 8.71. The lowest BCUT2D eigenvalue weighted by Gasteiger charge is -2.13. The Morgan fingerprint density at radius 1 is 1.11 bits per heavy atom. The molecule has 0 spiro atoms. The number of nitrogens with zero attached hydrogens (tertiary/aromatic N) is 3. The zero-order chi connectivity index (χ0) is 25.8. The van der Waals surface area contributed by atoms with Crippen LogP contribution in [0.3, 0.4) is 0 Å². The largest absolute Gasteiger partial charge is 0.480 e. The van der Waals surface area contributed by atoms with Gasteiger partial charge in [-0.25, -0.2) is 9.78 Å². The average Bonchev–Trinajstić information content (AvgIpc) is 3.14. The van der Waals surface area contributed by atoms with Crippen molar-refractivity contribution >= 4 is 56.4 Å². The number of pyridine rings is 1. The van der Waals surface area contributed by atoms with Crippen LogP contribution in [0.4, 0.5) is 11.6 Å². The number of rotatable bonds is 9. The van der Waals surface area contributed by atoms with E-state index < -0.39 is 30.2 Å². The lowest BCUT2D eigenvalue weighted by molar-refractivity contribution is -0.140. The van der Waals surface area contributed by atoms with Gasteiger partial charge in [0.15, 0.2) is 0 Å². The number of carbonyl (C=O) groups excluding carboxylic acids is 2. The summed E-state index contributed by atoms with van der Waals surface area (Å²) >= 11 is 3.42. The van der Waals surface area contributed by atoms with Gasteiger partial charge in [-0.15, -0.1) is 0 Å². The minimum Gasteiger partial charge on any atom is -0.480 e. The number of carbonyl (C=O) groups is 3. The number of halogens is 1. The second-order valence-electron chi connectivity index (χ2n) is 7.79. The summed E-state index contributed by atoms with van der Waals surface area (Å²) in [5, 5.41) is 14.7. The number of primary amides is 1. The van der Waals surface area contributed by atoms with Crippen molar-refractivity contribution in [2.24, 2.45) is 12.8 Å². The number of aromatic nitrogens is 3. The fraction of sp³-hybridized carbons (Fsp3) is 0.125. The summed E-state index contributed by atoms with van der Waals surface area (Å²) in [5.74, 6) is -1.58. The maximum Gasteiger partial charge on any atom is 0.326 e. The Kier molecular flexibility index (Phi) is 7.15. The number of amides is 2. The number of fused-ring (bicyclic) bond motifs is 1. The van der Waals surface area contributed by atoms with Crippen molar-refractivity contribution in [2.45, 2.75) is 12.5 Å². The monoisotopic (exact) mass is 552 g/mol. The smallest absolute Gasteiger partial charge is 0.326 e. The lowest BCUT2D eigenvalue weighted by Crippen LogP contribution is -2.43. The van der Waals surface area contributed by atoms with Crippen molar-refractivity contribution in [3.63, 3.8) is 0 Å². The van der Waals surface area contributed by atoms with Gasteiger partial charge in [0.05, 0.1) is 17.5 Å². The molecule has 0 aliphatic rings. The topological polar surface area (TPSA) is 161 Å². The normalized spacial score (nSPS) is 11.6. The van der Waals surface area contributed by atoms with E-state index in [2.05, 4.69) is 36.5 Å². The van der Waals surface area contributed by atoms with Gasteiger partial charge in [0.25, 0.3) is 5.91 Å². The summed E-state index contributed by atoms with van der Waals surface area (Å²) in [6.07, 6.45) is 0.813. The molecule has 0 aliphatic carbocycles. The molecule has 0 aliphatic heterocycles. The summed E-state index contributed by atoms with van der Waals surface area (Å²) in [6.45, 7) is 0. The molecule has 2 aromatic heterocycles. The molecule has 36 heavy (non-hydrogen) atoms. The number of imidazole rings is 1. The first-order chi connectivity index (χ1) is 17.2. The molecule has 5 N–H and O–H groups in total. The van der Waals surface area contributed by atoms with E-state index in [0.29, 0.717) is 23.0 Å². The van der Waals surface area contributed by atoms with Gasteiger partial charge in [0, 0.05) is 35.5 Å². The molecule has 11 nitrogen and oxygen atoms in total. The number of carboxylic acid groups (broad SMARTS) is 1. The van der Waals surface area contributed by atoms with Gasteiger partial charge in [-0.3, -0.25) is 14.6 Å². The molecule has 0 fully saturated rings. The molecule has 4 rings (SSSR count). The van der Waals surface area contributed by atoms with Gasteiger partial charge in [-0.1, -0.05) is 15.9 Å². The first-order valence-electron chi connectivity index (χ1n) is 10.6. The first kappa shape index (κ1) is 24.7. The van der Waals surface area contributed by atoms with Gasteiger partial charge in [-0.2, -0.15) is 0 Å². The molecule has 4 aromatic rings. The van der Waals surface area contributed by atoms with Crippen molar-refractivity contribution in [1.82, 2.24) is 19.9 Å². The van der Waals surface area contributed by atoms with Gasteiger partial charge in [-0.05, 0) is 42.5 Å². The SMILES string of the molecule is Cn1c(Nc2ccc(Br)cc2)nc2cc(Oc3ccnc(C(=O)NC(CC(N)=O)C(=O)O)c3)ccc21. The van der Waals surface area contributed by atoms with Crippen molar-refractivity contribution in [1.29, 1.82) is 0 Å². The minimum absolute atomic E-state index is 0.0804. The third kappa shape index (κ3) is 5.78. The van der Waals surface area contributed by atoms with Crippen molar-refractivity contribution in [3.8, 4) is 11.5 Å². The van der Waals surface area contributed by atoms with E-state index >= 15 is 0 Å². The highest BCUT2D eigenvalue weighted by Crippen LogP contribution is 2.28. The molecule has 0 radical (unpaired) electrons. The Morgan fingerprint density at radius 2 is 1.83 bits per heavy atom. The quantitative estimate of drug-likeness (QED) is 0.246. The summed E-state index contributed by atoms with van der Waals surface area (Å²) in [7, 11) is 1.90. The van der Waals surface area contributed by atoms with Crippen LogP contribution >= 0.6 is 15.9 Å². The molecule has 2 aromatic carbocycles. The number of aryl methyl sites for hydroxylation is 1. The Bertz CT molecular complexity index is 1450. The number of benzene rings is 2. The average molecular weight is 553 g/mol. The van der Waals surface area contributed by atoms with Crippen LogP contribution < -0.4 is 21.1 Å². The Labute approximate surface area is 213 Å². The summed E-state index contributed by atoms with van der Waals surface area (Å²) in [5.41, 5.74) is 7.43. The first-order valence-corrected chi connectivity index (χ1v) is 11.4. The molecule has 2 amide bonds. The van der Waals surface area contributed by atoms with Gasteiger partial charge in [0.1, 0.15) is 23.2 Å². The van der Waals surface area contributed by atoms with Crippen molar-refractivity contribution < 1.29 is 24.2 Å². The third-order valence-corrected chi connectivity index (χ3v) is 5.69. The number of aliphatic carboxylic acids is 1. The number of anilines is 2. The number of nitrogens with one attached hydrogen (secondary N) is 2. The molecule has 0 saturated heterocycles. The van der Waals surface area contributed by atoms with E-state index in [1.807, 2.05) is 41.9 Å². The molecule has 184 valence electrons. The molecule has 0 saturated carbocycles. The van der Waals surface area contributed by atoms with Crippen molar-refractivity contribution in [3.05, 3.63) is 71.0 Å². The maximum absolute atomic E-state index is 12.5. The number of ether oxygens (including phenoxy) is 1. The van der Waals surface area contributed by atoms with E-state index in [0.717, 1.165) is 15.7 Å². The van der Waals surface area contributed by atoms with Crippen LogP contribution in [0.15, 0.2) is 65.3 Å². The molecular formula is C24H21BrN6O5. The summed E-state index contributed by atoms with van der Waals surface area (Å²) in [6, 6.07) is 14.6. The zero-order valence-corrected chi connectivity index (χ0v) is 20.5. The van der Waals surface area contributed by atoms with E-state index in [1.54, 1.807) is 18.2 Å².